The molecule has 1 saturated heterocycles. The maximum absolute atomic E-state index is 14.0. The minimum atomic E-state index is -2.67. The average Bonchev–Trinajstić information content (AvgIpc) is 3.75. The van der Waals surface area contributed by atoms with E-state index < -0.39 is 17.9 Å². The van der Waals surface area contributed by atoms with Crippen LogP contribution in [0.5, 0.6) is 10.8 Å². The fourth-order valence-electron chi connectivity index (χ4n) is 6.53. The van der Waals surface area contributed by atoms with E-state index in [2.05, 4.69) is 13.0 Å². The van der Waals surface area contributed by atoms with Crippen molar-refractivity contribution in [2.75, 3.05) is 45.4 Å². The highest BCUT2D eigenvalue weighted by molar-refractivity contribution is 7.14. The Bertz CT molecular complexity index is 1300. The first-order valence-corrected chi connectivity index (χ1v) is 16.5. The van der Waals surface area contributed by atoms with E-state index in [4.69, 9.17) is 14.2 Å². The number of carboxylic acid groups (broad SMARTS) is 1. The minimum absolute atomic E-state index is 0.0440. The van der Waals surface area contributed by atoms with Gasteiger partial charge in [-0.2, -0.15) is 0 Å². The highest BCUT2D eigenvalue weighted by Gasteiger charge is 2.37. The van der Waals surface area contributed by atoms with Crippen LogP contribution in [0, 0.1) is 11.8 Å². The van der Waals surface area contributed by atoms with E-state index >= 15 is 0 Å². The highest BCUT2D eigenvalue weighted by Crippen LogP contribution is 2.49. The molecule has 1 N–H and O–H groups in total. The third-order valence-electron chi connectivity index (χ3n) is 9.00. The molecule has 1 aromatic heterocycles. The van der Waals surface area contributed by atoms with Crippen molar-refractivity contribution >= 4 is 28.9 Å². The predicted octanol–water partition coefficient (Wildman–Crippen LogP) is 7.17. The van der Waals surface area contributed by atoms with E-state index in [1.165, 1.54) is 17.4 Å². The number of anilines is 1. The van der Waals surface area contributed by atoms with E-state index in [0.29, 0.717) is 42.2 Å². The number of rotatable bonds is 13. The number of alkyl halides is 2. The first kappa shape index (κ1) is 32.8. The first-order chi connectivity index (χ1) is 21.1. The van der Waals surface area contributed by atoms with Gasteiger partial charge in [0.2, 0.25) is 5.91 Å². The molecule has 242 valence electrons. The number of methoxy groups -OCH3 is 2. The van der Waals surface area contributed by atoms with Gasteiger partial charge in [-0.3, -0.25) is 9.69 Å². The number of nitrogens with zero attached hydrogens (tertiary/aromatic N) is 2. The monoisotopic (exact) mass is 634 g/mol. The molecule has 2 saturated carbocycles. The summed E-state index contributed by atoms with van der Waals surface area (Å²) in [6.45, 7) is 3.38. The maximum Gasteiger partial charge on any atom is 0.337 e. The molecule has 2 heterocycles. The predicted molar refractivity (Wildman–Crippen MR) is 165 cm³/mol. The first-order valence-electron chi connectivity index (χ1n) is 15.7. The van der Waals surface area contributed by atoms with Crippen LogP contribution in [-0.4, -0.2) is 74.4 Å². The highest BCUT2D eigenvalue weighted by atomic mass is 32.1. The van der Waals surface area contributed by atoms with Crippen LogP contribution in [0.3, 0.4) is 0 Å². The third-order valence-corrected chi connectivity index (χ3v) is 10.0. The molecule has 0 atom stereocenters. The lowest BCUT2D eigenvalue weighted by Gasteiger charge is -2.36. The van der Waals surface area contributed by atoms with E-state index in [-0.39, 0.29) is 49.3 Å². The number of carbonyl (C=O) groups excluding carboxylic acids is 1. The van der Waals surface area contributed by atoms with Gasteiger partial charge in [-0.25, -0.2) is 13.6 Å². The van der Waals surface area contributed by atoms with Crippen molar-refractivity contribution in [3.63, 3.8) is 0 Å². The number of amides is 1. The van der Waals surface area contributed by atoms with Crippen LogP contribution in [0.1, 0.15) is 85.0 Å². The fraction of sp³-hybridized carbons (Fsp3) is 0.636. The number of likely N-dealkylation sites (tertiary alicyclic amines) is 1. The second-order valence-corrected chi connectivity index (χ2v) is 13.8. The number of halogens is 2. The molecule has 1 aromatic carbocycles. The molecule has 44 heavy (non-hydrogen) atoms. The van der Waals surface area contributed by atoms with Crippen LogP contribution in [0.4, 0.5) is 14.5 Å². The molecule has 11 heteroatoms. The smallest absolute Gasteiger partial charge is 0.337 e. The van der Waals surface area contributed by atoms with Crippen LogP contribution in [0.15, 0.2) is 24.3 Å². The Hall–Kier alpha value is -2.60. The minimum Gasteiger partial charge on any atom is -0.478 e. The molecule has 8 nitrogen and oxygen atoms in total. The standard InChI is InChI=1S/C33H44F2N2O6S/c1-21-5-7-23(8-6-21)30(38)37(24(18-41-2)19-42-3)29-12-11-25(15-28(29)31(39)40)43-32-27(22-9-10-22)16-26(44-32)17-36-14-4-13-33(34,35)20-36/h11-12,15-16,21-24H,4-10,13-14,17-20H2,1-3H3,(H,39,40)/t21-,23-. The van der Waals surface area contributed by atoms with E-state index in [0.717, 1.165) is 49.0 Å². The topological polar surface area (TPSA) is 88.5 Å². The molecular formula is C33H44F2N2O6S. The lowest BCUT2D eigenvalue weighted by molar-refractivity contribution is -0.124. The molecular weight excluding hydrogens is 590 g/mol. The van der Waals surface area contributed by atoms with Gasteiger partial charge in [-0.15, -0.1) is 11.3 Å². The Kier molecular flexibility index (Phi) is 10.6. The second-order valence-electron chi connectivity index (χ2n) is 12.7. The van der Waals surface area contributed by atoms with Gasteiger partial charge in [0.05, 0.1) is 37.1 Å². The van der Waals surface area contributed by atoms with Crippen LogP contribution in [0.25, 0.3) is 0 Å². The number of hydrogen-bond acceptors (Lipinski definition) is 7. The Morgan fingerprint density at radius 3 is 2.41 bits per heavy atom. The van der Waals surface area contributed by atoms with E-state index in [1.54, 1.807) is 36.2 Å². The molecule has 3 aliphatic rings. The van der Waals surface area contributed by atoms with Crippen LogP contribution in [0.2, 0.25) is 0 Å². The molecule has 0 spiro atoms. The number of carboxylic acids is 1. The second kappa shape index (κ2) is 14.2. The molecule has 1 aliphatic heterocycles. The lowest BCUT2D eigenvalue weighted by atomic mass is 9.82. The number of thiophene rings is 1. The van der Waals surface area contributed by atoms with Gasteiger partial charge in [0, 0.05) is 43.5 Å². The molecule has 2 aromatic rings. The van der Waals surface area contributed by atoms with Gasteiger partial charge in [-0.05, 0) is 87.6 Å². The zero-order valence-corrected chi connectivity index (χ0v) is 26.7. The molecule has 2 aliphatic carbocycles. The molecule has 3 fully saturated rings. The van der Waals surface area contributed by atoms with Crippen molar-refractivity contribution in [3.8, 4) is 10.8 Å². The zero-order chi connectivity index (χ0) is 31.4. The van der Waals surface area contributed by atoms with Crippen molar-refractivity contribution in [3.05, 3.63) is 40.3 Å². The van der Waals surface area contributed by atoms with Crippen LogP contribution in [-0.2, 0) is 20.8 Å². The van der Waals surface area contributed by atoms with Crippen molar-refractivity contribution in [1.29, 1.82) is 0 Å². The van der Waals surface area contributed by atoms with Crippen molar-refractivity contribution in [2.45, 2.75) is 82.7 Å². The molecule has 0 radical (unpaired) electrons. The summed E-state index contributed by atoms with van der Waals surface area (Å²) in [5, 5.41) is 11.0. The summed E-state index contributed by atoms with van der Waals surface area (Å²) in [7, 11) is 3.10. The summed E-state index contributed by atoms with van der Waals surface area (Å²) >= 11 is 1.43. The van der Waals surface area contributed by atoms with E-state index in [1.807, 2.05) is 0 Å². The quantitative estimate of drug-likeness (QED) is 0.250. The Labute approximate surface area is 262 Å². The van der Waals surface area contributed by atoms with E-state index in [9.17, 15) is 23.5 Å². The molecule has 1 amide bonds. The van der Waals surface area contributed by atoms with Gasteiger partial charge in [0.25, 0.3) is 5.92 Å². The van der Waals surface area contributed by atoms with Gasteiger partial charge >= 0.3 is 5.97 Å². The Morgan fingerprint density at radius 2 is 1.80 bits per heavy atom. The summed E-state index contributed by atoms with van der Waals surface area (Å²) < 4.78 is 45.2. The number of hydrogen-bond donors (Lipinski definition) is 1. The van der Waals surface area contributed by atoms with Crippen molar-refractivity contribution in [1.82, 2.24) is 4.90 Å². The summed E-state index contributed by atoms with van der Waals surface area (Å²) in [6, 6.07) is 6.36. The molecule has 0 unspecified atom stereocenters. The zero-order valence-electron chi connectivity index (χ0n) is 25.9. The Morgan fingerprint density at radius 1 is 1.09 bits per heavy atom. The lowest BCUT2D eigenvalue weighted by Crippen LogP contribution is -2.49. The third kappa shape index (κ3) is 7.97. The average molecular weight is 635 g/mol. The molecule has 0 bridgehead atoms. The summed E-state index contributed by atoms with van der Waals surface area (Å²) in [4.78, 5) is 31.0. The van der Waals surface area contributed by atoms with Crippen molar-refractivity contribution in [2.24, 2.45) is 11.8 Å². The summed E-state index contributed by atoms with van der Waals surface area (Å²) in [5.41, 5.74) is 1.28. The van der Waals surface area contributed by atoms with Gasteiger partial charge in [0.15, 0.2) is 5.06 Å². The summed E-state index contributed by atoms with van der Waals surface area (Å²) in [5.74, 6) is -2.90. The number of ether oxygens (including phenoxy) is 3. The fourth-order valence-corrected chi connectivity index (χ4v) is 7.68. The van der Waals surface area contributed by atoms with Gasteiger partial charge in [0.1, 0.15) is 5.75 Å². The normalized spacial score (nSPS) is 22.2. The Balaban J connectivity index is 1.43. The number of piperidine rings is 1. The summed E-state index contributed by atoms with van der Waals surface area (Å²) in [6.07, 6.45) is 5.88. The van der Waals surface area contributed by atoms with Gasteiger partial charge < -0.3 is 24.2 Å². The maximum atomic E-state index is 14.0. The SMILES string of the molecule is COCC(COC)N(c1ccc(Oc2sc(CN3CCCC(F)(F)C3)cc2C2CC2)cc1C(=O)O)C(=O)[C@H]1CC[C@H](C)CC1. The van der Waals surface area contributed by atoms with Gasteiger partial charge in [-0.1, -0.05) is 6.92 Å². The number of carbonyl (C=O) groups is 2. The molecule has 5 rings (SSSR count). The van der Waals surface area contributed by atoms with Crippen LogP contribution >= 0.6 is 11.3 Å². The largest absolute Gasteiger partial charge is 0.478 e. The van der Waals surface area contributed by atoms with Crippen molar-refractivity contribution < 1.29 is 37.7 Å². The van der Waals surface area contributed by atoms with Crippen LogP contribution < -0.4 is 9.64 Å². The number of aromatic carboxylic acids is 1. The number of benzene rings is 1.